The topological polar surface area (TPSA) is 338 Å². The van der Waals surface area contributed by atoms with Crippen LogP contribution in [0.4, 0.5) is 5.69 Å². The number of carbonyl (C=O) groups excluding carboxylic acids is 9. The normalized spacial score (nSPS) is 21.9. The van der Waals surface area contributed by atoms with E-state index in [4.69, 9.17) is 9.47 Å². The highest BCUT2D eigenvalue weighted by Gasteiger charge is 2.59. The molecule has 0 saturated heterocycles. The van der Waals surface area contributed by atoms with Gasteiger partial charge in [-0.2, -0.15) is 0 Å². The van der Waals surface area contributed by atoms with Crippen LogP contribution in [0.25, 0.3) is 0 Å². The summed E-state index contributed by atoms with van der Waals surface area (Å²) >= 11 is 0. The van der Waals surface area contributed by atoms with E-state index in [-0.39, 0.29) is 68.0 Å². The van der Waals surface area contributed by atoms with Gasteiger partial charge in [0.05, 0.1) is 30.7 Å². The molecule has 7 amide bonds. The number of benzene rings is 3. The Morgan fingerprint density at radius 1 is 0.897 bits per heavy atom. The fourth-order valence-corrected chi connectivity index (χ4v) is 10.4. The number of fused-ring (bicyclic) bond motifs is 8. The summed E-state index contributed by atoms with van der Waals surface area (Å²) in [7, 11) is 1.50. The van der Waals surface area contributed by atoms with Gasteiger partial charge in [-0.25, -0.2) is 0 Å². The van der Waals surface area contributed by atoms with Gasteiger partial charge in [-0.15, -0.1) is 0 Å². The lowest BCUT2D eigenvalue weighted by molar-refractivity contribution is -0.145. The predicted molar refractivity (Wildman–Crippen MR) is 283 cm³/mol. The molecule has 9 unspecified atom stereocenters. The van der Waals surface area contributed by atoms with Crippen LogP contribution in [0.3, 0.4) is 0 Å². The maximum Gasteiger partial charge on any atom is 0.324 e. The zero-order valence-electron chi connectivity index (χ0n) is 44.6. The van der Waals surface area contributed by atoms with E-state index in [0.717, 1.165) is 5.56 Å². The molecular weight excluding hydrogens is 1010 g/mol. The molecule has 3 aliphatic rings. The first kappa shape index (κ1) is 59.3. The molecule has 23 heteroatoms. The molecule has 2 bridgehead atoms. The SMILES string of the molecule is CCC(=O)NC(C[C@@]12c3cccc(OC(C)(CC)C(NC)C(=O)O)c3NC1Oc1c3cc(cc12)C(O)C(C(=O)NCC=O)NC(=O)C(NC(=O)C(C)NC(=O)CCCc1ccccc1)CC(C)C3)C(=O)NCC(=O)NCC=O. The summed E-state index contributed by atoms with van der Waals surface area (Å²) in [6.45, 7) is 6.94. The monoisotopic (exact) mass is 1080 g/mol. The second-order valence-electron chi connectivity index (χ2n) is 20.1. The molecule has 23 nitrogen and oxygen atoms in total. The van der Waals surface area contributed by atoms with Crippen molar-refractivity contribution in [3.8, 4) is 11.5 Å². The number of hydrogen-bond acceptors (Lipinski definition) is 15. The van der Waals surface area contributed by atoms with E-state index in [0.29, 0.717) is 47.8 Å². The molecule has 0 aliphatic carbocycles. The van der Waals surface area contributed by atoms with Crippen LogP contribution in [-0.4, -0.2) is 139 Å². The highest BCUT2D eigenvalue weighted by molar-refractivity contribution is 5.95. The fourth-order valence-electron chi connectivity index (χ4n) is 10.4. The summed E-state index contributed by atoms with van der Waals surface area (Å²) in [4.78, 5) is 131. The minimum atomic E-state index is -1.85. The van der Waals surface area contributed by atoms with Crippen LogP contribution >= 0.6 is 0 Å². The van der Waals surface area contributed by atoms with E-state index in [9.17, 15) is 58.2 Å². The molecule has 10 atom stereocenters. The van der Waals surface area contributed by atoms with Crippen molar-refractivity contribution in [2.45, 2.75) is 140 Å². The number of para-hydroxylation sites is 1. The molecular formula is C55H71N9O14. The summed E-state index contributed by atoms with van der Waals surface area (Å²) < 4.78 is 13.6. The van der Waals surface area contributed by atoms with E-state index < -0.39 is 114 Å². The lowest BCUT2D eigenvalue weighted by Gasteiger charge is -2.35. The second-order valence-corrected chi connectivity index (χ2v) is 20.1. The number of aldehydes is 2. The van der Waals surface area contributed by atoms with Crippen LogP contribution in [0.5, 0.6) is 11.5 Å². The molecule has 78 heavy (non-hydrogen) atoms. The Balaban J connectivity index is 1.45. The van der Waals surface area contributed by atoms with Crippen molar-refractivity contribution in [2.75, 3.05) is 32.0 Å². The standard InChI is InChI=1S/C55H71N9O14/c1-7-40(67)61-38(49(72)59-29-42(69)57-20-22-65)28-55-35-17-13-18-39(78-54(5,8-2)47(56-6)52(75)76)43(35)64-53(55)77-46-34-24-30(3)25-37(62-48(71)31(4)60-41(68)19-12-16-32-14-10-9-11-15-32)50(73)63-44(51(74)58-21-23-66)45(70)33(26-34)27-36(46)55/h9-11,13-15,17-18,22-23,26-27,30-31,37-38,44-45,47,53,56,64,70H,7-8,12,16,19-21,24-25,28-29H2,1-6H3,(H,57,69)(H,58,74)(H,59,72)(H,60,68)(H,61,67)(H,62,71)(H,63,73)(H,75,76)/t30?,31?,37?,38?,44?,45?,47?,53?,54?,55-/m0/s1. The Hall–Kier alpha value is -7.92. The third kappa shape index (κ3) is 13.6. The largest absolute Gasteiger partial charge is 0.483 e. The fraction of sp³-hybridized carbons (Fsp3) is 0.491. The number of amides is 7. The van der Waals surface area contributed by atoms with Crippen molar-refractivity contribution < 1.29 is 67.6 Å². The summed E-state index contributed by atoms with van der Waals surface area (Å²) in [6.07, 6.45) is -0.775. The van der Waals surface area contributed by atoms with Crippen LogP contribution in [0.1, 0.15) is 107 Å². The van der Waals surface area contributed by atoms with Crippen molar-refractivity contribution in [3.05, 3.63) is 88.5 Å². The van der Waals surface area contributed by atoms with Crippen LogP contribution in [0.15, 0.2) is 60.7 Å². The Labute approximate surface area is 451 Å². The summed E-state index contributed by atoms with van der Waals surface area (Å²) in [5, 5.41) is 47.1. The second kappa shape index (κ2) is 26.4. The first-order valence-electron chi connectivity index (χ1n) is 26.2. The zero-order valence-corrected chi connectivity index (χ0v) is 44.6. The van der Waals surface area contributed by atoms with Gasteiger partial charge >= 0.3 is 5.97 Å². The minimum absolute atomic E-state index is 0.0324. The number of aliphatic hydroxyl groups is 1. The van der Waals surface area contributed by atoms with E-state index in [2.05, 4.69) is 47.9 Å². The van der Waals surface area contributed by atoms with Crippen molar-refractivity contribution in [2.24, 2.45) is 5.92 Å². The van der Waals surface area contributed by atoms with Gasteiger partial charge in [-0.05, 0) is 106 Å². The van der Waals surface area contributed by atoms with Gasteiger partial charge in [0.15, 0.2) is 6.23 Å². The van der Waals surface area contributed by atoms with Crippen molar-refractivity contribution >= 4 is 65.6 Å². The van der Waals surface area contributed by atoms with E-state index >= 15 is 0 Å². The number of carbonyl (C=O) groups is 10. The first-order valence-corrected chi connectivity index (χ1v) is 26.2. The summed E-state index contributed by atoms with van der Waals surface area (Å²) in [5.41, 5.74) is -0.0922. The number of carboxylic acids is 1. The summed E-state index contributed by atoms with van der Waals surface area (Å²) in [5.74, 6) is -6.01. The lowest BCUT2D eigenvalue weighted by Crippen LogP contribution is -2.58. The van der Waals surface area contributed by atoms with Crippen LogP contribution in [-0.2, 0) is 66.2 Å². The highest BCUT2D eigenvalue weighted by atomic mass is 16.5. The Kier molecular flexibility index (Phi) is 20.1. The molecule has 11 N–H and O–H groups in total. The summed E-state index contributed by atoms with van der Waals surface area (Å²) in [6, 6.07) is 11.1. The minimum Gasteiger partial charge on any atom is -0.483 e. The number of aryl methyl sites for hydroxylation is 1. The van der Waals surface area contributed by atoms with Gasteiger partial charge in [0.1, 0.15) is 66.0 Å². The van der Waals surface area contributed by atoms with Gasteiger partial charge < -0.3 is 77.1 Å². The number of ether oxygens (including phenoxy) is 2. The number of rotatable bonds is 25. The van der Waals surface area contributed by atoms with Gasteiger partial charge in [-0.3, -0.25) is 38.4 Å². The molecule has 420 valence electrons. The number of carboxylic acid groups (broad SMARTS) is 1. The molecule has 0 aromatic heterocycles. The highest BCUT2D eigenvalue weighted by Crippen LogP contribution is 2.60. The molecule has 0 saturated carbocycles. The average molecular weight is 1080 g/mol. The molecule has 3 aliphatic heterocycles. The first-order chi connectivity index (χ1) is 37.2. The maximum absolute atomic E-state index is 14.4. The Bertz CT molecular complexity index is 2740. The number of aliphatic hydroxyl groups excluding tert-OH is 1. The van der Waals surface area contributed by atoms with E-state index in [1.807, 2.05) is 37.3 Å². The number of anilines is 1. The van der Waals surface area contributed by atoms with Crippen LogP contribution in [0.2, 0.25) is 0 Å². The molecule has 0 fully saturated rings. The van der Waals surface area contributed by atoms with E-state index in [1.54, 1.807) is 51.1 Å². The Morgan fingerprint density at radius 2 is 1.62 bits per heavy atom. The third-order valence-electron chi connectivity index (χ3n) is 14.5. The molecule has 0 radical (unpaired) electrons. The van der Waals surface area contributed by atoms with Crippen LogP contribution < -0.4 is 57.3 Å². The van der Waals surface area contributed by atoms with Crippen molar-refractivity contribution in [1.29, 1.82) is 0 Å². The number of aliphatic carboxylic acids is 1. The maximum atomic E-state index is 14.4. The van der Waals surface area contributed by atoms with Crippen LogP contribution in [0, 0.1) is 5.92 Å². The quantitative estimate of drug-likeness (QED) is 0.0514. The van der Waals surface area contributed by atoms with Gasteiger partial charge in [0, 0.05) is 18.4 Å². The molecule has 3 heterocycles. The van der Waals surface area contributed by atoms with Gasteiger partial charge in [-0.1, -0.05) is 63.2 Å². The number of hydrogen-bond donors (Lipinski definition) is 11. The molecule has 3 aromatic carbocycles. The molecule has 6 rings (SSSR count). The average Bonchev–Trinajstić information content (AvgIpc) is 3.90. The Morgan fingerprint density at radius 3 is 2.28 bits per heavy atom. The van der Waals surface area contributed by atoms with Gasteiger partial charge in [0.25, 0.3) is 0 Å². The van der Waals surface area contributed by atoms with Crippen molar-refractivity contribution in [1.82, 2.24) is 42.5 Å². The van der Waals surface area contributed by atoms with Crippen molar-refractivity contribution in [3.63, 3.8) is 0 Å². The zero-order chi connectivity index (χ0) is 56.9. The third-order valence-corrected chi connectivity index (χ3v) is 14.5. The van der Waals surface area contributed by atoms with E-state index in [1.165, 1.54) is 14.0 Å². The number of likely N-dealkylation sites (N-methyl/N-ethyl adjacent to an activating group) is 1. The molecule has 0 spiro atoms. The smallest absolute Gasteiger partial charge is 0.324 e. The lowest BCUT2D eigenvalue weighted by atomic mass is 9.70. The predicted octanol–water partition coefficient (Wildman–Crippen LogP) is 0.481. The number of nitrogens with one attached hydrogen (secondary N) is 9. The van der Waals surface area contributed by atoms with Gasteiger partial charge in [0.2, 0.25) is 41.4 Å². The molecule has 3 aromatic rings.